The van der Waals surface area contributed by atoms with Crippen LogP contribution in [0.4, 0.5) is 0 Å². The smallest absolute Gasteiger partial charge is 0.240 e. The molecule has 1 fully saturated rings. The molecule has 28 heavy (non-hydrogen) atoms. The number of hydrogen-bond acceptors (Lipinski definition) is 3. The van der Waals surface area contributed by atoms with Gasteiger partial charge in [-0.05, 0) is 24.3 Å². The quantitative estimate of drug-likeness (QED) is 0.732. The molecule has 0 bridgehead atoms. The van der Waals surface area contributed by atoms with Crippen molar-refractivity contribution in [2.45, 2.75) is 17.9 Å². The summed E-state index contributed by atoms with van der Waals surface area (Å²) in [7, 11) is -3.63. The SMILES string of the molecule is CC(=O)N1CC[NH+]([C@@H](CNS(=O)(=O)c2ccc(Cl)cc2)c2ccccc2)CC1. The molecule has 1 heterocycles. The van der Waals surface area contributed by atoms with Crippen molar-refractivity contribution in [3.63, 3.8) is 0 Å². The van der Waals surface area contributed by atoms with Crippen LogP contribution in [-0.4, -0.2) is 51.9 Å². The molecule has 2 aromatic rings. The van der Waals surface area contributed by atoms with Gasteiger partial charge in [0.05, 0.1) is 37.6 Å². The molecule has 1 aliphatic rings. The van der Waals surface area contributed by atoms with E-state index in [1.807, 2.05) is 35.2 Å². The molecule has 0 aliphatic carbocycles. The Bertz CT molecular complexity index is 896. The normalized spacial score (nSPS) is 16.7. The lowest BCUT2D eigenvalue weighted by atomic mass is 10.0. The first-order chi connectivity index (χ1) is 13.4. The summed E-state index contributed by atoms with van der Waals surface area (Å²) in [6, 6.07) is 16.0. The summed E-state index contributed by atoms with van der Waals surface area (Å²) in [5.74, 6) is 0.0822. The van der Waals surface area contributed by atoms with Crippen molar-refractivity contribution in [1.29, 1.82) is 0 Å². The number of rotatable bonds is 6. The lowest BCUT2D eigenvalue weighted by molar-refractivity contribution is -0.934. The van der Waals surface area contributed by atoms with Crippen molar-refractivity contribution in [3.8, 4) is 0 Å². The van der Waals surface area contributed by atoms with E-state index in [0.29, 0.717) is 18.1 Å². The van der Waals surface area contributed by atoms with Gasteiger partial charge in [-0.2, -0.15) is 0 Å². The van der Waals surface area contributed by atoms with E-state index < -0.39 is 10.0 Å². The largest absolute Gasteiger partial charge is 0.332 e. The molecule has 0 unspecified atom stereocenters. The van der Waals surface area contributed by atoms with Crippen LogP contribution in [0, 0.1) is 0 Å². The average molecular weight is 423 g/mol. The van der Waals surface area contributed by atoms with Crippen LogP contribution >= 0.6 is 11.6 Å². The number of piperazine rings is 1. The highest BCUT2D eigenvalue weighted by Crippen LogP contribution is 2.15. The fourth-order valence-corrected chi connectivity index (χ4v) is 4.70. The number of benzene rings is 2. The number of sulfonamides is 1. The number of hydrogen-bond donors (Lipinski definition) is 2. The minimum atomic E-state index is -3.63. The molecule has 0 aromatic heterocycles. The second-order valence-corrected chi connectivity index (χ2v) is 9.14. The van der Waals surface area contributed by atoms with Crippen molar-refractivity contribution >= 4 is 27.5 Å². The monoisotopic (exact) mass is 422 g/mol. The van der Waals surface area contributed by atoms with Gasteiger partial charge in [0, 0.05) is 17.5 Å². The number of nitrogens with zero attached hydrogens (tertiary/aromatic N) is 1. The highest BCUT2D eigenvalue weighted by Gasteiger charge is 2.30. The van der Waals surface area contributed by atoms with Gasteiger partial charge in [-0.3, -0.25) is 4.79 Å². The lowest BCUT2D eigenvalue weighted by Gasteiger charge is -2.36. The Morgan fingerprint density at radius 2 is 1.71 bits per heavy atom. The van der Waals surface area contributed by atoms with Gasteiger partial charge in [0.1, 0.15) is 6.04 Å². The average Bonchev–Trinajstić information content (AvgIpc) is 2.69. The fraction of sp³-hybridized carbons (Fsp3) is 0.350. The molecule has 3 rings (SSSR count). The number of carbonyl (C=O) groups is 1. The predicted octanol–water partition coefficient (Wildman–Crippen LogP) is 1.11. The second-order valence-electron chi connectivity index (χ2n) is 6.93. The summed E-state index contributed by atoms with van der Waals surface area (Å²) < 4.78 is 28.1. The van der Waals surface area contributed by atoms with Crippen molar-refractivity contribution in [1.82, 2.24) is 9.62 Å². The van der Waals surface area contributed by atoms with Crippen LogP contribution in [-0.2, 0) is 14.8 Å². The molecule has 2 N–H and O–H groups in total. The van der Waals surface area contributed by atoms with Crippen molar-refractivity contribution in [3.05, 3.63) is 65.2 Å². The Morgan fingerprint density at radius 3 is 2.29 bits per heavy atom. The van der Waals surface area contributed by atoms with Gasteiger partial charge >= 0.3 is 0 Å². The van der Waals surface area contributed by atoms with Gasteiger partial charge in [0.2, 0.25) is 15.9 Å². The highest BCUT2D eigenvalue weighted by atomic mass is 35.5. The zero-order valence-corrected chi connectivity index (χ0v) is 17.3. The van der Waals surface area contributed by atoms with Crippen LogP contribution in [0.2, 0.25) is 5.02 Å². The minimum absolute atomic E-state index is 0.0302. The van der Waals surface area contributed by atoms with Crippen LogP contribution in [0.15, 0.2) is 59.5 Å². The van der Waals surface area contributed by atoms with E-state index in [2.05, 4.69) is 4.72 Å². The molecular formula is C20H25ClN3O3S+. The second kappa shape index (κ2) is 9.05. The van der Waals surface area contributed by atoms with Gasteiger partial charge in [-0.25, -0.2) is 13.1 Å². The number of amides is 1. The van der Waals surface area contributed by atoms with Gasteiger partial charge in [-0.15, -0.1) is 0 Å². The third kappa shape index (κ3) is 5.11. The maximum atomic E-state index is 12.7. The van der Waals surface area contributed by atoms with Crippen LogP contribution in [0.25, 0.3) is 0 Å². The summed E-state index contributed by atoms with van der Waals surface area (Å²) >= 11 is 5.86. The molecule has 1 aliphatic heterocycles. The number of quaternary nitrogens is 1. The first-order valence-corrected chi connectivity index (χ1v) is 11.1. The maximum absolute atomic E-state index is 12.7. The van der Waals surface area contributed by atoms with Gasteiger partial charge in [0.25, 0.3) is 0 Å². The molecule has 1 saturated heterocycles. The third-order valence-electron chi connectivity index (χ3n) is 5.15. The molecule has 150 valence electrons. The van der Waals surface area contributed by atoms with E-state index in [1.165, 1.54) is 17.0 Å². The molecule has 8 heteroatoms. The Balaban J connectivity index is 1.75. The number of halogens is 1. The number of carbonyl (C=O) groups excluding carboxylic acids is 1. The Hall–Kier alpha value is -1.93. The van der Waals surface area contributed by atoms with Crippen molar-refractivity contribution in [2.75, 3.05) is 32.7 Å². The summed E-state index contributed by atoms with van der Waals surface area (Å²) in [4.78, 5) is 14.9. The topological polar surface area (TPSA) is 70.9 Å². The first-order valence-electron chi connectivity index (χ1n) is 9.27. The predicted molar refractivity (Wildman–Crippen MR) is 109 cm³/mol. The summed E-state index contributed by atoms with van der Waals surface area (Å²) in [6.07, 6.45) is 0. The Kier molecular flexibility index (Phi) is 6.72. The van der Waals surface area contributed by atoms with Crippen LogP contribution in [0.5, 0.6) is 0 Å². The summed E-state index contributed by atoms with van der Waals surface area (Å²) in [5.41, 5.74) is 1.08. The minimum Gasteiger partial charge on any atom is -0.332 e. The van der Waals surface area contributed by atoms with E-state index in [-0.39, 0.29) is 23.4 Å². The molecule has 1 amide bonds. The Labute approximate surface area is 171 Å². The van der Waals surface area contributed by atoms with Gasteiger partial charge < -0.3 is 9.80 Å². The van der Waals surface area contributed by atoms with Gasteiger partial charge in [-0.1, -0.05) is 41.9 Å². The van der Waals surface area contributed by atoms with Crippen LogP contribution in [0.1, 0.15) is 18.5 Å². The zero-order valence-electron chi connectivity index (χ0n) is 15.8. The van der Waals surface area contributed by atoms with Crippen molar-refractivity contribution < 1.29 is 18.1 Å². The fourth-order valence-electron chi connectivity index (χ4n) is 3.53. The van der Waals surface area contributed by atoms with E-state index in [1.54, 1.807) is 19.1 Å². The first kappa shape index (κ1) is 20.8. The molecule has 0 radical (unpaired) electrons. The van der Waals surface area contributed by atoms with Gasteiger partial charge in [0.15, 0.2) is 0 Å². The molecule has 0 saturated carbocycles. The molecule has 0 spiro atoms. The van der Waals surface area contributed by atoms with E-state index in [9.17, 15) is 13.2 Å². The van der Waals surface area contributed by atoms with E-state index >= 15 is 0 Å². The van der Waals surface area contributed by atoms with E-state index in [0.717, 1.165) is 18.7 Å². The number of nitrogens with one attached hydrogen (secondary N) is 2. The van der Waals surface area contributed by atoms with Crippen LogP contribution in [0.3, 0.4) is 0 Å². The van der Waals surface area contributed by atoms with E-state index in [4.69, 9.17) is 11.6 Å². The third-order valence-corrected chi connectivity index (χ3v) is 6.84. The zero-order chi connectivity index (χ0) is 20.1. The molecule has 1 atom stereocenters. The summed E-state index contributed by atoms with van der Waals surface area (Å²) in [5, 5.41) is 0.494. The van der Waals surface area contributed by atoms with Crippen LogP contribution < -0.4 is 9.62 Å². The highest BCUT2D eigenvalue weighted by molar-refractivity contribution is 7.89. The summed E-state index contributed by atoms with van der Waals surface area (Å²) in [6.45, 7) is 4.78. The Morgan fingerprint density at radius 1 is 1.11 bits per heavy atom. The lowest BCUT2D eigenvalue weighted by Crippen LogP contribution is -3.15. The molecular weight excluding hydrogens is 398 g/mol. The standard InChI is InChI=1S/C20H24ClN3O3S/c1-16(25)23-11-13-24(14-12-23)20(17-5-3-2-4-6-17)15-22-28(26,27)19-9-7-18(21)8-10-19/h2-10,20,22H,11-15H2,1H3/p+1/t20-/m0/s1. The molecule has 2 aromatic carbocycles. The maximum Gasteiger partial charge on any atom is 0.240 e. The van der Waals surface area contributed by atoms with Crippen molar-refractivity contribution in [2.24, 2.45) is 0 Å². The molecule has 6 nitrogen and oxygen atoms in total.